The number of nitrogens with zero attached hydrogens (tertiary/aromatic N) is 1. The Kier molecular flexibility index (Phi) is 6.52. The Morgan fingerprint density at radius 1 is 1.50 bits per heavy atom. The Hall–Kier alpha value is -1.44. The fraction of sp³-hybridized carbons (Fsp3) is 0.600. The number of hydrogen-bond donors (Lipinski definition) is 1. The van der Waals surface area contributed by atoms with Crippen molar-refractivity contribution in [1.82, 2.24) is 4.90 Å². The van der Waals surface area contributed by atoms with Crippen LogP contribution in [0.1, 0.15) is 45.0 Å². The number of rotatable bonds is 3. The summed E-state index contributed by atoms with van der Waals surface area (Å²) in [6.45, 7) is 6.69. The number of methoxy groups -OCH3 is 1. The molecule has 0 saturated carbocycles. The van der Waals surface area contributed by atoms with Crippen molar-refractivity contribution >= 4 is 23.3 Å². The van der Waals surface area contributed by atoms with Gasteiger partial charge in [0.25, 0.3) is 0 Å². The van der Waals surface area contributed by atoms with Crippen LogP contribution in [-0.2, 0) is 14.3 Å². The molecule has 1 aliphatic heterocycles. The smallest absolute Gasteiger partial charge is 0.417 e. The molecule has 0 unspecified atom stereocenters. The van der Waals surface area contributed by atoms with Gasteiger partial charge in [-0.1, -0.05) is 6.07 Å². The van der Waals surface area contributed by atoms with E-state index in [2.05, 4.69) is 4.74 Å². The number of imide groups is 1. The molecule has 0 radical (unpaired) electrons. The van der Waals surface area contributed by atoms with Gasteiger partial charge in [-0.25, -0.2) is 9.69 Å². The number of carbonyl (C=O) groups excluding carboxylic acids is 2. The van der Waals surface area contributed by atoms with Crippen molar-refractivity contribution in [2.75, 3.05) is 7.11 Å². The van der Waals surface area contributed by atoms with E-state index >= 15 is 0 Å². The minimum Gasteiger partial charge on any atom is -0.446 e. The summed E-state index contributed by atoms with van der Waals surface area (Å²) in [4.78, 5) is 25.3. The molecule has 1 N–H and O–H groups in total. The van der Waals surface area contributed by atoms with Gasteiger partial charge in [0, 0.05) is 12.0 Å². The molecule has 0 aromatic carbocycles. The maximum absolute atomic E-state index is 11.6. The third kappa shape index (κ3) is 5.40. The van der Waals surface area contributed by atoms with Gasteiger partial charge in [-0.05, 0) is 39.1 Å². The van der Waals surface area contributed by atoms with Crippen LogP contribution in [0.25, 0.3) is 0 Å². The van der Waals surface area contributed by atoms with Crippen LogP contribution in [0.4, 0.5) is 4.79 Å². The molecule has 0 aliphatic carbocycles. The topological polar surface area (TPSA) is 76.1 Å². The van der Waals surface area contributed by atoms with E-state index in [0.29, 0.717) is 6.42 Å². The van der Waals surface area contributed by atoms with Crippen LogP contribution in [0.2, 0.25) is 0 Å². The first kappa shape index (κ1) is 18.6. The highest BCUT2D eigenvalue weighted by Gasteiger charge is 2.43. The number of aliphatic hydroxyl groups is 1. The van der Waals surface area contributed by atoms with E-state index in [4.69, 9.17) is 9.84 Å². The Labute approximate surface area is 134 Å². The van der Waals surface area contributed by atoms with Crippen LogP contribution in [0.5, 0.6) is 0 Å². The lowest BCUT2D eigenvalue weighted by Gasteiger charge is -2.37. The molecule has 124 valence electrons. The zero-order valence-electron chi connectivity index (χ0n) is 13.5. The third-order valence-corrected chi connectivity index (χ3v) is 3.83. The summed E-state index contributed by atoms with van der Waals surface area (Å²) in [7, 11) is 1.46. The number of carbonyl (C=O) groups is 2. The first-order valence-corrected chi connectivity index (χ1v) is 7.87. The second-order valence-electron chi connectivity index (χ2n) is 5.58. The molecule has 1 atom stereocenters. The van der Waals surface area contributed by atoms with Crippen LogP contribution >= 0.6 is 11.3 Å². The predicted molar refractivity (Wildman–Crippen MR) is 83.4 cm³/mol. The van der Waals surface area contributed by atoms with Gasteiger partial charge in [0.1, 0.15) is 0 Å². The van der Waals surface area contributed by atoms with Crippen molar-refractivity contribution in [2.45, 2.75) is 52.0 Å². The van der Waals surface area contributed by atoms with Gasteiger partial charge in [0.05, 0.1) is 18.6 Å². The number of thiophene rings is 1. The number of β-lactam (4-membered cyclic amide) rings is 1. The summed E-state index contributed by atoms with van der Waals surface area (Å²) in [6.07, 6.45) is -0.345. The van der Waals surface area contributed by atoms with Gasteiger partial charge >= 0.3 is 6.09 Å². The van der Waals surface area contributed by atoms with Crippen molar-refractivity contribution in [2.24, 2.45) is 0 Å². The Morgan fingerprint density at radius 3 is 2.45 bits per heavy atom. The molecule has 6 nitrogen and oxygen atoms in total. The molecular formula is C15H23NO5S. The quantitative estimate of drug-likeness (QED) is 0.681. The van der Waals surface area contributed by atoms with Gasteiger partial charge in [0.15, 0.2) is 5.79 Å². The van der Waals surface area contributed by atoms with Crippen LogP contribution in [0, 0.1) is 0 Å². The third-order valence-electron chi connectivity index (χ3n) is 2.85. The van der Waals surface area contributed by atoms with E-state index in [1.165, 1.54) is 12.0 Å². The molecule has 22 heavy (non-hydrogen) atoms. The van der Waals surface area contributed by atoms with Crippen molar-refractivity contribution in [3.63, 3.8) is 0 Å². The second kappa shape index (κ2) is 7.71. The Morgan fingerprint density at radius 2 is 2.09 bits per heavy atom. The van der Waals surface area contributed by atoms with Gasteiger partial charge < -0.3 is 14.6 Å². The van der Waals surface area contributed by atoms with Gasteiger partial charge in [-0.2, -0.15) is 0 Å². The number of ether oxygens (including phenoxy) is 2. The van der Waals surface area contributed by atoms with Crippen molar-refractivity contribution in [3.05, 3.63) is 22.4 Å². The molecule has 0 spiro atoms. The molecule has 2 amide bonds. The summed E-state index contributed by atoms with van der Waals surface area (Å²) in [5.74, 6) is -1.12. The molecular weight excluding hydrogens is 306 g/mol. The zero-order chi connectivity index (χ0) is 16.9. The molecule has 2 rings (SSSR count). The lowest BCUT2D eigenvalue weighted by molar-refractivity contribution is -0.155. The van der Waals surface area contributed by atoms with Gasteiger partial charge in [-0.15, -0.1) is 11.3 Å². The molecule has 7 heteroatoms. The minimum absolute atomic E-state index is 0.126. The molecule has 1 aromatic heterocycles. The highest BCUT2D eigenvalue weighted by molar-refractivity contribution is 7.10. The van der Waals surface area contributed by atoms with Crippen LogP contribution in [0.15, 0.2) is 17.5 Å². The predicted octanol–water partition coefficient (Wildman–Crippen LogP) is 2.93. The maximum atomic E-state index is 11.6. The van der Waals surface area contributed by atoms with E-state index < -0.39 is 11.9 Å². The van der Waals surface area contributed by atoms with Crippen LogP contribution < -0.4 is 0 Å². The number of likely N-dealkylation sites (tertiary alicyclic amines) is 1. The SMILES string of the molecule is CC(C)OC(=O)N1C(=O)C[C@@H]1c1cccs1.COC(C)(C)O. The summed E-state index contributed by atoms with van der Waals surface area (Å²) >= 11 is 1.55. The summed E-state index contributed by atoms with van der Waals surface area (Å²) in [5, 5.41) is 10.5. The zero-order valence-corrected chi connectivity index (χ0v) is 14.3. The van der Waals surface area contributed by atoms with E-state index in [0.717, 1.165) is 4.88 Å². The highest BCUT2D eigenvalue weighted by Crippen LogP contribution is 2.37. The first-order valence-electron chi connectivity index (χ1n) is 6.99. The summed E-state index contributed by atoms with van der Waals surface area (Å²) in [5.41, 5.74) is 0. The van der Waals surface area contributed by atoms with Crippen LogP contribution in [-0.4, -0.2) is 41.0 Å². The lowest BCUT2D eigenvalue weighted by Crippen LogP contribution is -2.50. The lowest BCUT2D eigenvalue weighted by atomic mass is 10.0. The normalized spacial score (nSPS) is 17.7. The number of hydrogen-bond acceptors (Lipinski definition) is 6. The standard InChI is InChI=1S/C11H13NO3S.C4H10O2/c1-7(2)15-11(14)12-8(6-10(12)13)9-4-3-5-16-9;1-4(2,5)6-3/h3-5,7-8H,6H2,1-2H3;5H,1-3H3/t8-;/m1./s1. The van der Waals surface area contributed by atoms with Gasteiger partial charge in [0.2, 0.25) is 5.91 Å². The molecule has 1 aromatic rings. The largest absolute Gasteiger partial charge is 0.446 e. The van der Waals surface area contributed by atoms with Crippen molar-refractivity contribution in [3.8, 4) is 0 Å². The molecule has 1 aliphatic rings. The van der Waals surface area contributed by atoms with Crippen LogP contribution in [0.3, 0.4) is 0 Å². The average molecular weight is 329 g/mol. The molecule has 1 saturated heterocycles. The fourth-order valence-electron chi connectivity index (χ4n) is 1.61. The van der Waals surface area contributed by atoms with Gasteiger partial charge in [-0.3, -0.25) is 4.79 Å². The first-order chi connectivity index (χ1) is 10.2. The fourth-order valence-corrected chi connectivity index (χ4v) is 2.43. The Bertz CT molecular complexity index is 493. The minimum atomic E-state index is -0.958. The molecule has 2 heterocycles. The van der Waals surface area contributed by atoms with Crippen molar-refractivity contribution < 1.29 is 24.2 Å². The van der Waals surface area contributed by atoms with Crippen molar-refractivity contribution in [1.29, 1.82) is 0 Å². The highest BCUT2D eigenvalue weighted by atomic mass is 32.1. The summed E-state index contributed by atoms with van der Waals surface area (Å²) < 4.78 is 9.52. The summed E-state index contributed by atoms with van der Waals surface area (Å²) in [6, 6.07) is 3.71. The Balaban J connectivity index is 0.000000346. The van der Waals surface area contributed by atoms with E-state index in [9.17, 15) is 9.59 Å². The second-order valence-corrected chi connectivity index (χ2v) is 6.56. The average Bonchev–Trinajstić information content (AvgIpc) is 2.87. The van der Waals surface area contributed by atoms with E-state index in [1.54, 1.807) is 39.0 Å². The monoisotopic (exact) mass is 329 g/mol. The number of amides is 2. The van der Waals surface area contributed by atoms with E-state index in [1.807, 2.05) is 17.5 Å². The molecule has 1 fully saturated rings. The van der Waals surface area contributed by atoms with E-state index in [-0.39, 0.29) is 18.1 Å². The maximum Gasteiger partial charge on any atom is 0.417 e. The molecule has 0 bridgehead atoms.